The average molecular weight is 285 g/mol. The van der Waals surface area contributed by atoms with Gasteiger partial charge < -0.3 is 14.9 Å². The van der Waals surface area contributed by atoms with Gasteiger partial charge in [0.2, 0.25) is 0 Å². The van der Waals surface area contributed by atoms with Crippen LogP contribution in [0.25, 0.3) is 0 Å². The molecule has 0 aliphatic rings. The smallest absolute Gasteiger partial charge is 0.304 e. The number of rotatable bonds is 10. The molecule has 0 radical (unpaired) electrons. The summed E-state index contributed by atoms with van der Waals surface area (Å²) in [4.78, 5) is 12.6. The number of nitrogens with zero attached hydrogens (tertiary/aromatic N) is 1. The van der Waals surface area contributed by atoms with Crippen LogP contribution in [-0.2, 0) is 16.1 Å². The van der Waals surface area contributed by atoms with Gasteiger partial charge in [0.15, 0.2) is 0 Å². The monoisotopic (exact) mass is 285 g/mol. The number of benzene rings is 1. The molecule has 112 valence electrons. The average Bonchev–Trinajstić information content (AvgIpc) is 2.43. The standard InChI is InChI=1S/C14H20FNO4/c15-13-3-1-12(2-4-13)11-16(6-5-14(18)19)7-9-20-10-8-17/h1-4,17H,5-11H2,(H,18,19). The predicted octanol–water partition coefficient (Wildman–Crippen LogP) is 1.11. The molecular weight excluding hydrogens is 265 g/mol. The summed E-state index contributed by atoms with van der Waals surface area (Å²) in [6, 6.07) is 6.12. The minimum Gasteiger partial charge on any atom is -0.481 e. The molecule has 2 N–H and O–H groups in total. The molecule has 1 rings (SSSR count). The fourth-order valence-electron chi connectivity index (χ4n) is 1.73. The van der Waals surface area contributed by atoms with Crippen molar-refractivity contribution in [2.24, 2.45) is 0 Å². The lowest BCUT2D eigenvalue weighted by molar-refractivity contribution is -0.137. The van der Waals surface area contributed by atoms with Crippen molar-refractivity contribution in [3.05, 3.63) is 35.6 Å². The first-order valence-corrected chi connectivity index (χ1v) is 6.49. The highest BCUT2D eigenvalue weighted by molar-refractivity contribution is 5.66. The van der Waals surface area contributed by atoms with E-state index in [2.05, 4.69) is 0 Å². The molecule has 1 aromatic carbocycles. The lowest BCUT2D eigenvalue weighted by atomic mass is 10.2. The summed E-state index contributed by atoms with van der Waals surface area (Å²) >= 11 is 0. The van der Waals surface area contributed by atoms with Crippen molar-refractivity contribution in [3.8, 4) is 0 Å². The maximum Gasteiger partial charge on any atom is 0.304 e. The second-order valence-corrected chi connectivity index (χ2v) is 4.38. The molecule has 0 heterocycles. The van der Waals surface area contributed by atoms with Gasteiger partial charge in [-0.15, -0.1) is 0 Å². The van der Waals surface area contributed by atoms with Crippen LogP contribution >= 0.6 is 0 Å². The molecule has 0 saturated heterocycles. The highest BCUT2D eigenvalue weighted by Gasteiger charge is 2.08. The van der Waals surface area contributed by atoms with E-state index in [1.807, 2.05) is 4.90 Å². The van der Waals surface area contributed by atoms with E-state index in [9.17, 15) is 9.18 Å². The summed E-state index contributed by atoms with van der Waals surface area (Å²) < 4.78 is 18.0. The van der Waals surface area contributed by atoms with Crippen LogP contribution in [0.2, 0.25) is 0 Å². The van der Waals surface area contributed by atoms with Gasteiger partial charge in [0.05, 0.1) is 26.2 Å². The van der Waals surface area contributed by atoms with Crippen molar-refractivity contribution in [2.45, 2.75) is 13.0 Å². The SMILES string of the molecule is O=C(O)CCN(CCOCCO)Cc1ccc(F)cc1. The van der Waals surface area contributed by atoms with E-state index in [1.165, 1.54) is 12.1 Å². The Balaban J connectivity index is 2.47. The quantitative estimate of drug-likeness (QED) is 0.630. The summed E-state index contributed by atoms with van der Waals surface area (Å²) in [5.74, 6) is -1.15. The Morgan fingerprint density at radius 2 is 1.90 bits per heavy atom. The van der Waals surface area contributed by atoms with E-state index in [4.69, 9.17) is 14.9 Å². The van der Waals surface area contributed by atoms with E-state index in [-0.39, 0.29) is 25.5 Å². The molecule has 0 unspecified atom stereocenters. The highest BCUT2D eigenvalue weighted by Crippen LogP contribution is 2.07. The summed E-state index contributed by atoms with van der Waals surface area (Å²) in [5.41, 5.74) is 0.916. The van der Waals surface area contributed by atoms with Crippen LogP contribution in [-0.4, -0.2) is 54.0 Å². The number of aliphatic hydroxyl groups is 1. The van der Waals surface area contributed by atoms with Crippen molar-refractivity contribution in [3.63, 3.8) is 0 Å². The third-order valence-electron chi connectivity index (χ3n) is 2.75. The van der Waals surface area contributed by atoms with Gasteiger partial charge in [-0.1, -0.05) is 12.1 Å². The molecule has 0 fully saturated rings. The van der Waals surface area contributed by atoms with Crippen LogP contribution in [0.1, 0.15) is 12.0 Å². The molecule has 6 heteroatoms. The van der Waals surface area contributed by atoms with Crippen LogP contribution in [0.4, 0.5) is 4.39 Å². The molecule has 20 heavy (non-hydrogen) atoms. The van der Waals surface area contributed by atoms with E-state index in [0.29, 0.717) is 26.2 Å². The van der Waals surface area contributed by atoms with Crippen molar-refractivity contribution in [1.82, 2.24) is 4.90 Å². The minimum absolute atomic E-state index is 0.0346. The third-order valence-corrected chi connectivity index (χ3v) is 2.75. The maximum absolute atomic E-state index is 12.8. The first kappa shape index (κ1) is 16.6. The summed E-state index contributed by atoms with van der Waals surface area (Å²) in [6.07, 6.45) is 0.0429. The van der Waals surface area contributed by atoms with Gasteiger partial charge in [-0.3, -0.25) is 9.69 Å². The van der Waals surface area contributed by atoms with Gasteiger partial charge in [0.1, 0.15) is 5.82 Å². The second-order valence-electron chi connectivity index (χ2n) is 4.38. The van der Waals surface area contributed by atoms with Gasteiger partial charge in [-0.2, -0.15) is 0 Å². The number of hydrogen-bond donors (Lipinski definition) is 2. The Hall–Kier alpha value is -1.50. The van der Waals surface area contributed by atoms with Crippen LogP contribution in [0.15, 0.2) is 24.3 Å². The molecular formula is C14H20FNO4. The molecule has 5 nitrogen and oxygen atoms in total. The van der Waals surface area contributed by atoms with Crippen LogP contribution in [0, 0.1) is 5.82 Å². The van der Waals surface area contributed by atoms with Crippen molar-refractivity contribution in [2.75, 3.05) is 32.9 Å². The van der Waals surface area contributed by atoms with Crippen LogP contribution < -0.4 is 0 Å². The third kappa shape index (κ3) is 7.18. The number of aliphatic carboxylic acids is 1. The van der Waals surface area contributed by atoms with Gasteiger partial charge in [0.25, 0.3) is 0 Å². The Kier molecular flexibility index (Phi) is 7.79. The van der Waals surface area contributed by atoms with E-state index >= 15 is 0 Å². The normalized spacial score (nSPS) is 10.9. The summed E-state index contributed by atoms with van der Waals surface area (Å²) in [6.45, 7) is 2.15. The summed E-state index contributed by atoms with van der Waals surface area (Å²) in [7, 11) is 0. The van der Waals surface area contributed by atoms with Crippen molar-refractivity contribution >= 4 is 5.97 Å². The number of halogens is 1. The van der Waals surface area contributed by atoms with E-state index < -0.39 is 5.97 Å². The number of ether oxygens (including phenoxy) is 1. The van der Waals surface area contributed by atoms with Gasteiger partial charge >= 0.3 is 5.97 Å². The Morgan fingerprint density at radius 3 is 2.50 bits per heavy atom. The Morgan fingerprint density at radius 1 is 1.20 bits per heavy atom. The Labute approximate surface area is 117 Å². The number of carboxylic acid groups (broad SMARTS) is 1. The van der Waals surface area contributed by atoms with Gasteiger partial charge in [0, 0.05) is 19.6 Å². The topological polar surface area (TPSA) is 70.0 Å². The fraction of sp³-hybridized carbons (Fsp3) is 0.500. The minimum atomic E-state index is -0.856. The lowest BCUT2D eigenvalue weighted by Gasteiger charge is -2.21. The number of carboxylic acids is 1. The molecule has 0 aliphatic carbocycles. The molecule has 0 aliphatic heterocycles. The zero-order valence-corrected chi connectivity index (χ0v) is 11.3. The predicted molar refractivity (Wildman–Crippen MR) is 71.8 cm³/mol. The first-order chi connectivity index (χ1) is 9.61. The summed E-state index contributed by atoms with van der Waals surface area (Å²) in [5, 5.41) is 17.4. The fourth-order valence-corrected chi connectivity index (χ4v) is 1.73. The second kappa shape index (κ2) is 9.41. The zero-order chi connectivity index (χ0) is 14.8. The van der Waals surface area contributed by atoms with Gasteiger partial charge in [-0.25, -0.2) is 4.39 Å². The zero-order valence-electron chi connectivity index (χ0n) is 11.3. The largest absolute Gasteiger partial charge is 0.481 e. The number of aliphatic hydroxyl groups excluding tert-OH is 1. The van der Waals surface area contributed by atoms with Crippen LogP contribution in [0.3, 0.4) is 0 Å². The molecule has 0 saturated carbocycles. The molecule has 0 amide bonds. The molecule has 0 bridgehead atoms. The maximum atomic E-state index is 12.8. The Bertz CT molecular complexity index is 397. The van der Waals surface area contributed by atoms with Gasteiger partial charge in [-0.05, 0) is 17.7 Å². The van der Waals surface area contributed by atoms with E-state index in [0.717, 1.165) is 5.56 Å². The van der Waals surface area contributed by atoms with Crippen LogP contribution in [0.5, 0.6) is 0 Å². The lowest BCUT2D eigenvalue weighted by Crippen LogP contribution is -2.30. The highest BCUT2D eigenvalue weighted by atomic mass is 19.1. The number of hydrogen-bond acceptors (Lipinski definition) is 4. The molecule has 0 aromatic heterocycles. The first-order valence-electron chi connectivity index (χ1n) is 6.49. The van der Waals surface area contributed by atoms with Crippen molar-refractivity contribution < 1.29 is 24.1 Å². The van der Waals surface area contributed by atoms with Crippen molar-refractivity contribution in [1.29, 1.82) is 0 Å². The molecule has 1 aromatic rings. The molecule has 0 atom stereocenters. The number of carbonyl (C=O) groups is 1. The molecule has 0 spiro atoms. The van der Waals surface area contributed by atoms with E-state index in [1.54, 1.807) is 12.1 Å².